The first-order valence-corrected chi connectivity index (χ1v) is 5.63. The number of carbonyl (C=O) groups is 1. The second kappa shape index (κ2) is 4.33. The van der Waals surface area contributed by atoms with E-state index in [-0.39, 0.29) is 18.1 Å². The third-order valence-corrected chi connectivity index (χ3v) is 2.95. The van der Waals surface area contributed by atoms with Gasteiger partial charge in [-0.15, -0.1) is 0 Å². The molecule has 0 bridgehead atoms. The Morgan fingerprint density at radius 1 is 1.59 bits per heavy atom. The molecular weight excluding hydrogens is 218 g/mol. The lowest BCUT2D eigenvalue weighted by Crippen LogP contribution is -2.26. The largest absolute Gasteiger partial charge is 0.394 e. The van der Waals surface area contributed by atoms with E-state index in [1.54, 1.807) is 26.4 Å². The first kappa shape index (κ1) is 11.9. The van der Waals surface area contributed by atoms with Crippen molar-refractivity contribution in [1.29, 1.82) is 0 Å². The molecule has 1 saturated carbocycles. The fraction of sp³-hybridized carbons (Fsp3) is 0.500. The number of hydrogen-bond acceptors (Lipinski definition) is 4. The van der Waals surface area contributed by atoms with Gasteiger partial charge >= 0.3 is 0 Å². The van der Waals surface area contributed by atoms with Crippen molar-refractivity contribution in [3.8, 4) is 0 Å². The Hall–Kier alpha value is -1.62. The lowest BCUT2D eigenvalue weighted by atomic mass is 10.2. The molecule has 1 aromatic rings. The number of aliphatic hydroxyl groups excluding tert-OH is 1. The molecule has 2 N–H and O–H groups in total. The summed E-state index contributed by atoms with van der Waals surface area (Å²) in [4.78, 5) is 17.3. The number of anilines is 1. The Balaban J connectivity index is 2.14. The predicted molar refractivity (Wildman–Crippen MR) is 64.9 cm³/mol. The highest BCUT2D eigenvalue weighted by molar-refractivity contribution is 5.92. The lowest BCUT2D eigenvalue weighted by molar-refractivity contribution is 0.0822. The van der Waals surface area contributed by atoms with Crippen molar-refractivity contribution in [3.05, 3.63) is 24.0 Å². The van der Waals surface area contributed by atoms with E-state index in [2.05, 4.69) is 10.3 Å². The molecule has 1 fully saturated rings. The Morgan fingerprint density at radius 2 is 2.29 bits per heavy atom. The number of hydrogen-bond donors (Lipinski definition) is 2. The maximum absolute atomic E-state index is 11.7. The van der Waals surface area contributed by atoms with Gasteiger partial charge in [0.15, 0.2) is 0 Å². The quantitative estimate of drug-likeness (QED) is 0.807. The van der Waals surface area contributed by atoms with E-state index in [0.29, 0.717) is 5.69 Å². The number of aromatic nitrogens is 1. The zero-order valence-electron chi connectivity index (χ0n) is 10.1. The Labute approximate surface area is 100 Å². The second-order valence-corrected chi connectivity index (χ2v) is 4.69. The van der Waals surface area contributed by atoms with Crippen LogP contribution >= 0.6 is 0 Å². The van der Waals surface area contributed by atoms with Crippen molar-refractivity contribution in [3.63, 3.8) is 0 Å². The summed E-state index contributed by atoms with van der Waals surface area (Å²) in [6.45, 7) is 0.117. The van der Waals surface area contributed by atoms with E-state index in [1.165, 1.54) is 4.90 Å². The molecule has 0 radical (unpaired) electrons. The molecular formula is C12H17N3O2. The monoisotopic (exact) mass is 235 g/mol. The van der Waals surface area contributed by atoms with Crippen molar-refractivity contribution in [2.24, 2.45) is 0 Å². The third kappa shape index (κ3) is 2.55. The smallest absolute Gasteiger partial charge is 0.272 e. The summed E-state index contributed by atoms with van der Waals surface area (Å²) >= 11 is 0. The zero-order valence-corrected chi connectivity index (χ0v) is 10.1. The van der Waals surface area contributed by atoms with Gasteiger partial charge in [-0.25, -0.2) is 0 Å². The van der Waals surface area contributed by atoms with E-state index in [4.69, 9.17) is 0 Å². The van der Waals surface area contributed by atoms with Crippen LogP contribution in [0, 0.1) is 0 Å². The van der Waals surface area contributed by atoms with Crippen LogP contribution in [0.15, 0.2) is 18.3 Å². The molecule has 1 aromatic heterocycles. The van der Waals surface area contributed by atoms with Crippen LogP contribution < -0.4 is 5.32 Å². The highest BCUT2D eigenvalue weighted by Gasteiger charge is 2.42. The molecule has 0 aromatic carbocycles. The van der Waals surface area contributed by atoms with Gasteiger partial charge in [0.05, 0.1) is 12.1 Å². The van der Waals surface area contributed by atoms with Gasteiger partial charge in [-0.2, -0.15) is 0 Å². The number of aliphatic hydroxyl groups is 1. The van der Waals surface area contributed by atoms with Crippen LogP contribution in [-0.4, -0.2) is 47.1 Å². The molecule has 5 nitrogen and oxygen atoms in total. The fourth-order valence-electron chi connectivity index (χ4n) is 1.63. The van der Waals surface area contributed by atoms with Gasteiger partial charge < -0.3 is 15.3 Å². The third-order valence-electron chi connectivity index (χ3n) is 2.95. The Bertz CT molecular complexity index is 428. The van der Waals surface area contributed by atoms with Crippen LogP contribution in [-0.2, 0) is 0 Å². The summed E-state index contributed by atoms with van der Waals surface area (Å²) in [5.74, 6) is -0.123. The topological polar surface area (TPSA) is 65.5 Å². The van der Waals surface area contributed by atoms with Crippen molar-refractivity contribution in [2.75, 3.05) is 26.0 Å². The van der Waals surface area contributed by atoms with Crippen molar-refractivity contribution in [2.45, 2.75) is 18.4 Å². The van der Waals surface area contributed by atoms with Gasteiger partial charge in [0.1, 0.15) is 5.69 Å². The van der Waals surface area contributed by atoms with E-state index in [1.807, 2.05) is 6.07 Å². The van der Waals surface area contributed by atoms with Crippen molar-refractivity contribution < 1.29 is 9.90 Å². The molecule has 1 amide bonds. The highest BCUT2D eigenvalue weighted by Crippen LogP contribution is 2.38. The normalized spacial score (nSPS) is 16.4. The summed E-state index contributed by atoms with van der Waals surface area (Å²) < 4.78 is 0. The minimum Gasteiger partial charge on any atom is -0.394 e. The average molecular weight is 235 g/mol. The molecule has 1 aliphatic carbocycles. The van der Waals surface area contributed by atoms with Gasteiger partial charge in [-0.1, -0.05) is 0 Å². The lowest BCUT2D eigenvalue weighted by Gasteiger charge is -2.16. The zero-order chi connectivity index (χ0) is 12.5. The van der Waals surface area contributed by atoms with Crippen LogP contribution in [0.1, 0.15) is 23.3 Å². The molecule has 0 unspecified atom stereocenters. The van der Waals surface area contributed by atoms with Crippen LogP contribution in [0.25, 0.3) is 0 Å². The van der Waals surface area contributed by atoms with Crippen LogP contribution in [0.3, 0.4) is 0 Å². The van der Waals surface area contributed by atoms with E-state index in [0.717, 1.165) is 18.5 Å². The summed E-state index contributed by atoms with van der Waals surface area (Å²) in [6, 6.07) is 3.53. The molecule has 0 spiro atoms. The average Bonchev–Trinajstić information content (AvgIpc) is 3.09. The molecule has 0 aliphatic heterocycles. The van der Waals surface area contributed by atoms with Gasteiger partial charge in [0.25, 0.3) is 5.91 Å². The van der Waals surface area contributed by atoms with Crippen molar-refractivity contribution in [1.82, 2.24) is 9.88 Å². The maximum Gasteiger partial charge on any atom is 0.272 e. The fourth-order valence-corrected chi connectivity index (χ4v) is 1.63. The number of amides is 1. The van der Waals surface area contributed by atoms with E-state index in [9.17, 15) is 9.90 Å². The Morgan fingerprint density at radius 3 is 2.82 bits per heavy atom. The number of carbonyl (C=O) groups excluding carboxylic acids is 1. The van der Waals surface area contributed by atoms with Crippen LogP contribution in [0.2, 0.25) is 0 Å². The minimum atomic E-state index is -0.181. The number of nitrogens with one attached hydrogen (secondary N) is 1. The number of nitrogens with zero attached hydrogens (tertiary/aromatic N) is 2. The predicted octanol–water partition coefficient (Wildman–Crippen LogP) is 0.720. The molecule has 17 heavy (non-hydrogen) atoms. The first-order valence-electron chi connectivity index (χ1n) is 5.63. The minimum absolute atomic E-state index is 0.117. The van der Waals surface area contributed by atoms with Crippen LogP contribution in [0.5, 0.6) is 0 Å². The first-order chi connectivity index (χ1) is 8.06. The van der Waals surface area contributed by atoms with E-state index >= 15 is 0 Å². The SMILES string of the molecule is CN(C)C(=O)c1cc(NC2(CO)CC2)ccn1. The van der Waals surface area contributed by atoms with Crippen molar-refractivity contribution >= 4 is 11.6 Å². The maximum atomic E-state index is 11.7. The molecule has 1 aliphatic rings. The van der Waals surface area contributed by atoms with Crippen LogP contribution in [0.4, 0.5) is 5.69 Å². The standard InChI is InChI=1S/C12H17N3O2/c1-15(2)11(17)10-7-9(3-6-13-10)14-12(8-16)4-5-12/h3,6-7,16H,4-5,8H2,1-2H3,(H,13,14). The molecule has 0 atom stereocenters. The van der Waals surface area contributed by atoms with Gasteiger partial charge in [0.2, 0.25) is 0 Å². The second-order valence-electron chi connectivity index (χ2n) is 4.69. The molecule has 0 saturated heterocycles. The van der Waals surface area contributed by atoms with E-state index < -0.39 is 0 Å². The van der Waals surface area contributed by atoms with Gasteiger partial charge in [-0.05, 0) is 25.0 Å². The Kier molecular flexibility index (Phi) is 3.02. The number of pyridine rings is 1. The molecule has 92 valence electrons. The summed E-state index contributed by atoms with van der Waals surface area (Å²) in [7, 11) is 3.39. The number of rotatable bonds is 4. The summed E-state index contributed by atoms with van der Waals surface area (Å²) in [5.41, 5.74) is 1.06. The molecule has 2 rings (SSSR count). The summed E-state index contributed by atoms with van der Waals surface area (Å²) in [5, 5.41) is 12.5. The molecule has 1 heterocycles. The van der Waals surface area contributed by atoms with Gasteiger partial charge in [-0.3, -0.25) is 9.78 Å². The molecule has 5 heteroatoms. The highest BCUT2D eigenvalue weighted by atomic mass is 16.3. The van der Waals surface area contributed by atoms with Gasteiger partial charge in [0, 0.05) is 26.0 Å². The summed E-state index contributed by atoms with van der Waals surface area (Å²) in [6.07, 6.45) is 3.53.